The molecule has 0 saturated carbocycles. The topological polar surface area (TPSA) is 83.4 Å². The Morgan fingerprint density at radius 2 is 1.83 bits per heavy atom. The molecule has 0 saturated heterocycles. The molecule has 0 aliphatic heterocycles. The third kappa shape index (κ3) is 4.70. The number of benzene rings is 1. The lowest BCUT2D eigenvalue weighted by Gasteiger charge is -2.15. The molecule has 2 rings (SSSR count). The van der Waals surface area contributed by atoms with Crippen molar-refractivity contribution in [2.45, 2.75) is 25.5 Å². The fourth-order valence-corrected chi connectivity index (χ4v) is 2.46. The monoisotopic (exact) mass is 329 g/mol. The van der Waals surface area contributed by atoms with Crippen LogP contribution in [0.3, 0.4) is 0 Å². The lowest BCUT2D eigenvalue weighted by Crippen LogP contribution is -2.41. The molecule has 24 heavy (non-hydrogen) atoms. The van der Waals surface area contributed by atoms with Gasteiger partial charge in [0.2, 0.25) is 0 Å². The molecule has 0 bridgehead atoms. The van der Waals surface area contributed by atoms with Crippen LogP contribution in [0.15, 0.2) is 48.7 Å². The van der Waals surface area contributed by atoms with Crippen molar-refractivity contribution in [3.63, 3.8) is 0 Å². The van der Waals surface area contributed by atoms with Crippen LogP contribution < -0.4 is 10.6 Å². The summed E-state index contributed by atoms with van der Waals surface area (Å²) < 4.78 is 1.82. The summed E-state index contributed by atoms with van der Waals surface area (Å²) >= 11 is 0. The van der Waals surface area contributed by atoms with Gasteiger partial charge in [0.25, 0.3) is 0 Å². The third-order valence-electron chi connectivity index (χ3n) is 3.88. The lowest BCUT2D eigenvalue weighted by atomic mass is 10.1. The summed E-state index contributed by atoms with van der Waals surface area (Å²) in [6, 6.07) is 12.8. The van der Waals surface area contributed by atoms with E-state index in [-0.39, 0.29) is 12.6 Å². The first kappa shape index (κ1) is 17.7. The predicted octanol–water partition coefficient (Wildman–Crippen LogP) is 1.44. The molecule has 0 fully saturated rings. The number of hydrogen-bond donors (Lipinski definition) is 3. The summed E-state index contributed by atoms with van der Waals surface area (Å²) in [7, 11) is 1.84. The molecule has 6 nitrogen and oxygen atoms in total. The number of aliphatic hydroxyl groups is 1. The highest BCUT2D eigenvalue weighted by molar-refractivity contribution is 6.35. The zero-order valence-corrected chi connectivity index (χ0v) is 13.9. The highest BCUT2D eigenvalue weighted by atomic mass is 16.3. The first-order valence-corrected chi connectivity index (χ1v) is 7.92. The second-order valence-electron chi connectivity index (χ2n) is 5.71. The fourth-order valence-electron chi connectivity index (χ4n) is 2.46. The average Bonchev–Trinajstić information content (AvgIpc) is 3.01. The van der Waals surface area contributed by atoms with Crippen molar-refractivity contribution in [2.24, 2.45) is 7.05 Å². The van der Waals surface area contributed by atoms with Gasteiger partial charge in [-0.05, 0) is 31.0 Å². The summed E-state index contributed by atoms with van der Waals surface area (Å²) in [6.45, 7) is 2.04. The molecule has 0 aliphatic rings. The minimum absolute atomic E-state index is 0.221. The molecule has 0 aliphatic carbocycles. The van der Waals surface area contributed by atoms with Crippen molar-refractivity contribution in [3.8, 4) is 0 Å². The Balaban J connectivity index is 1.76. The number of nitrogens with one attached hydrogen (secondary N) is 2. The van der Waals surface area contributed by atoms with Crippen molar-refractivity contribution >= 4 is 11.8 Å². The van der Waals surface area contributed by atoms with Gasteiger partial charge in [0.15, 0.2) is 0 Å². The average molecular weight is 329 g/mol. The molecule has 3 N–H and O–H groups in total. The number of hydrogen-bond acceptors (Lipinski definition) is 3. The first-order chi connectivity index (χ1) is 11.5. The largest absolute Gasteiger partial charge is 0.387 e. The van der Waals surface area contributed by atoms with E-state index in [1.165, 1.54) is 0 Å². The Morgan fingerprint density at radius 3 is 2.46 bits per heavy atom. The second-order valence-corrected chi connectivity index (χ2v) is 5.71. The van der Waals surface area contributed by atoms with Crippen LogP contribution in [0.25, 0.3) is 0 Å². The van der Waals surface area contributed by atoms with Gasteiger partial charge in [0.1, 0.15) is 0 Å². The van der Waals surface area contributed by atoms with Gasteiger partial charge in [0.05, 0.1) is 12.1 Å². The molecule has 1 aromatic carbocycles. The SMILES string of the molecule is C[C@H](NC(=O)C(=O)NCC[C@@H](O)c1cccn1C)c1ccccc1. The van der Waals surface area contributed by atoms with E-state index in [4.69, 9.17) is 0 Å². The molecular formula is C18H23N3O3. The number of carbonyl (C=O) groups is 2. The number of aliphatic hydroxyl groups excluding tert-OH is 1. The smallest absolute Gasteiger partial charge is 0.309 e. The Morgan fingerprint density at radius 1 is 1.12 bits per heavy atom. The van der Waals surface area contributed by atoms with Crippen LogP contribution in [-0.2, 0) is 16.6 Å². The first-order valence-electron chi connectivity index (χ1n) is 7.92. The quantitative estimate of drug-likeness (QED) is 0.701. The van der Waals surface area contributed by atoms with Crippen LogP contribution >= 0.6 is 0 Å². The van der Waals surface area contributed by atoms with Crippen LogP contribution in [0.1, 0.15) is 36.7 Å². The van der Waals surface area contributed by atoms with Gasteiger partial charge < -0.3 is 20.3 Å². The van der Waals surface area contributed by atoms with E-state index in [1.807, 2.05) is 67.2 Å². The number of aryl methyl sites for hydroxylation is 1. The summed E-state index contributed by atoms with van der Waals surface area (Å²) in [6.07, 6.45) is 1.50. The number of carbonyl (C=O) groups excluding carboxylic acids is 2. The molecule has 1 aromatic heterocycles. The van der Waals surface area contributed by atoms with Gasteiger partial charge in [-0.1, -0.05) is 30.3 Å². The molecule has 1 heterocycles. The van der Waals surface area contributed by atoms with E-state index in [2.05, 4.69) is 10.6 Å². The Kier molecular flexibility index (Phi) is 6.14. The second kappa shape index (κ2) is 8.31. The van der Waals surface area contributed by atoms with Gasteiger partial charge in [0, 0.05) is 25.5 Å². The normalized spacial score (nSPS) is 13.1. The number of nitrogens with zero attached hydrogens (tertiary/aromatic N) is 1. The molecule has 0 radical (unpaired) electrons. The van der Waals surface area contributed by atoms with Gasteiger partial charge in [-0.25, -0.2) is 0 Å². The molecule has 2 atom stereocenters. The Bertz CT molecular complexity index is 682. The Hall–Kier alpha value is -2.60. The number of aromatic nitrogens is 1. The van der Waals surface area contributed by atoms with Crippen molar-refractivity contribution in [1.29, 1.82) is 0 Å². The van der Waals surface area contributed by atoms with E-state index in [9.17, 15) is 14.7 Å². The molecule has 128 valence electrons. The molecule has 0 spiro atoms. The zero-order valence-electron chi connectivity index (χ0n) is 13.9. The zero-order chi connectivity index (χ0) is 17.5. The van der Waals surface area contributed by atoms with Crippen molar-refractivity contribution in [2.75, 3.05) is 6.54 Å². The van der Waals surface area contributed by atoms with E-state index in [0.717, 1.165) is 11.3 Å². The van der Waals surface area contributed by atoms with Crippen molar-refractivity contribution < 1.29 is 14.7 Å². The maximum absolute atomic E-state index is 11.9. The van der Waals surface area contributed by atoms with Crippen LogP contribution in [0, 0.1) is 0 Å². The third-order valence-corrected chi connectivity index (χ3v) is 3.88. The standard InChI is InChI=1S/C18H23N3O3/c1-13(14-7-4-3-5-8-14)20-18(24)17(23)19-11-10-16(22)15-9-6-12-21(15)2/h3-9,12-13,16,22H,10-11H2,1-2H3,(H,19,23)(H,20,24)/t13-,16+/m0/s1. The minimum Gasteiger partial charge on any atom is -0.387 e. The summed E-state index contributed by atoms with van der Waals surface area (Å²) in [5.41, 5.74) is 1.70. The van der Waals surface area contributed by atoms with Crippen LogP contribution in [0.4, 0.5) is 0 Å². The molecule has 6 heteroatoms. The number of amides is 2. The van der Waals surface area contributed by atoms with Crippen LogP contribution in [-0.4, -0.2) is 28.0 Å². The summed E-state index contributed by atoms with van der Waals surface area (Å²) in [5, 5.41) is 15.2. The van der Waals surface area contributed by atoms with E-state index in [0.29, 0.717) is 6.42 Å². The Labute approximate surface area is 141 Å². The maximum atomic E-state index is 11.9. The van der Waals surface area contributed by atoms with Gasteiger partial charge in [-0.15, -0.1) is 0 Å². The van der Waals surface area contributed by atoms with Gasteiger partial charge >= 0.3 is 11.8 Å². The van der Waals surface area contributed by atoms with E-state index < -0.39 is 17.9 Å². The van der Waals surface area contributed by atoms with Gasteiger partial charge in [-0.2, -0.15) is 0 Å². The maximum Gasteiger partial charge on any atom is 0.309 e. The minimum atomic E-state index is -0.697. The highest BCUT2D eigenvalue weighted by Crippen LogP contribution is 2.15. The summed E-state index contributed by atoms with van der Waals surface area (Å²) in [5.74, 6) is -1.38. The molecule has 0 unspecified atom stereocenters. The van der Waals surface area contributed by atoms with Crippen molar-refractivity contribution in [1.82, 2.24) is 15.2 Å². The highest BCUT2D eigenvalue weighted by Gasteiger charge is 2.17. The lowest BCUT2D eigenvalue weighted by molar-refractivity contribution is -0.139. The van der Waals surface area contributed by atoms with E-state index >= 15 is 0 Å². The number of rotatable bonds is 6. The van der Waals surface area contributed by atoms with Crippen LogP contribution in [0.2, 0.25) is 0 Å². The van der Waals surface area contributed by atoms with Crippen LogP contribution in [0.5, 0.6) is 0 Å². The molecular weight excluding hydrogens is 306 g/mol. The predicted molar refractivity (Wildman–Crippen MR) is 91.0 cm³/mol. The molecule has 2 aromatic rings. The van der Waals surface area contributed by atoms with E-state index in [1.54, 1.807) is 0 Å². The van der Waals surface area contributed by atoms with Crippen molar-refractivity contribution in [3.05, 3.63) is 59.9 Å². The fraction of sp³-hybridized carbons (Fsp3) is 0.333. The van der Waals surface area contributed by atoms with Gasteiger partial charge in [-0.3, -0.25) is 9.59 Å². The molecule has 2 amide bonds. The summed E-state index contributed by atoms with van der Waals surface area (Å²) in [4.78, 5) is 23.7.